The molecule has 0 bridgehead atoms. The van der Waals surface area contributed by atoms with E-state index in [1.807, 2.05) is 30.3 Å². The van der Waals surface area contributed by atoms with Crippen LogP contribution < -0.4 is 0 Å². The molecule has 0 aliphatic rings. The van der Waals surface area contributed by atoms with Crippen molar-refractivity contribution in [1.29, 1.82) is 0 Å². The van der Waals surface area contributed by atoms with Crippen LogP contribution >= 0.6 is 0 Å². The Balaban J connectivity index is 2.40. The molecule has 94 valence electrons. The van der Waals surface area contributed by atoms with Gasteiger partial charge >= 0.3 is 0 Å². The Morgan fingerprint density at radius 3 is 2.61 bits per heavy atom. The van der Waals surface area contributed by atoms with E-state index >= 15 is 0 Å². The molecule has 1 atom stereocenters. The van der Waals surface area contributed by atoms with Crippen LogP contribution in [0.2, 0.25) is 0 Å². The Morgan fingerprint density at radius 1 is 1.28 bits per heavy atom. The third-order valence-electron chi connectivity index (χ3n) is 2.95. The maximum Gasteiger partial charge on any atom is 0.182 e. The number of aromatic nitrogens is 4. The minimum atomic E-state index is -0.00675. The van der Waals surface area contributed by atoms with Crippen molar-refractivity contribution in [3.05, 3.63) is 30.3 Å². The number of nitrogens with zero attached hydrogens (tertiary/aromatic N) is 4. The number of hydrogen-bond acceptors (Lipinski definition) is 4. The molecule has 5 nitrogen and oxygen atoms in total. The Morgan fingerprint density at radius 2 is 2.00 bits per heavy atom. The van der Waals surface area contributed by atoms with Gasteiger partial charge in [0.25, 0.3) is 0 Å². The summed E-state index contributed by atoms with van der Waals surface area (Å²) in [6.07, 6.45) is 1.34. The molecule has 18 heavy (non-hydrogen) atoms. The van der Waals surface area contributed by atoms with Crippen molar-refractivity contribution in [3.63, 3.8) is 0 Å². The highest BCUT2D eigenvalue weighted by molar-refractivity contribution is 5.55. The summed E-state index contributed by atoms with van der Waals surface area (Å²) in [5.41, 5.74) is 0.957. The van der Waals surface area contributed by atoms with E-state index < -0.39 is 0 Å². The Bertz CT molecular complexity index is 507. The van der Waals surface area contributed by atoms with E-state index in [9.17, 15) is 4.79 Å². The van der Waals surface area contributed by atoms with Gasteiger partial charge in [0, 0.05) is 12.0 Å². The number of carbonyl (C=O) groups excluding carboxylic acids is 1. The lowest BCUT2D eigenvalue weighted by atomic mass is 10.0. The zero-order valence-corrected chi connectivity index (χ0v) is 10.5. The van der Waals surface area contributed by atoms with Crippen LogP contribution in [0.4, 0.5) is 0 Å². The van der Waals surface area contributed by atoms with Crippen molar-refractivity contribution >= 4 is 6.29 Å². The van der Waals surface area contributed by atoms with Crippen LogP contribution in [0.15, 0.2) is 30.3 Å². The second-order valence-corrected chi connectivity index (χ2v) is 4.53. The average molecular weight is 244 g/mol. The van der Waals surface area contributed by atoms with E-state index in [0.29, 0.717) is 18.2 Å². The van der Waals surface area contributed by atoms with Crippen molar-refractivity contribution in [3.8, 4) is 11.4 Å². The topological polar surface area (TPSA) is 60.7 Å². The summed E-state index contributed by atoms with van der Waals surface area (Å²) in [5.74, 6) is 0.998. The van der Waals surface area contributed by atoms with Crippen LogP contribution in [0.3, 0.4) is 0 Å². The highest BCUT2D eigenvalue weighted by Crippen LogP contribution is 2.25. The fraction of sp³-hybridized carbons (Fsp3) is 0.385. The molecule has 0 fully saturated rings. The molecule has 0 saturated carbocycles. The molecule has 0 spiro atoms. The minimum absolute atomic E-state index is 0.00675. The Labute approximate surface area is 106 Å². The molecule has 2 aromatic rings. The number of rotatable bonds is 5. The molecule has 0 saturated heterocycles. The first kappa shape index (κ1) is 12.4. The molecule has 1 unspecified atom stereocenters. The molecule has 2 rings (SSSR count). The Kier molecular flexibility index (Phi) is 3.82. The van der Waals surface area contributed by atoms with Crippen LogP contribution in [0, 0.1) is 5.92 Å². The van der Waals surface area contributed by atoms with Gasteiger partial charge in [-0.25, -0.2) is 4.68 Å². The number of aldehydes is 1. The quantitative estimate of drug-likeness (QED) is 0.756. The van der Waals surface area contributed by atoms with Gasteiger partial charge in [0.1, 0.15) is 6.29 Å². The highest BCUT2D eigenvalue weighted by atomic mass is 16.1. The van der Waals surface area contributed by atoms with Crippen molar-refractivity contribution < 1.29 is 4.79 Å². The number of tetrazole rings is 1. The fourth-order valence-corrected chi connectivity index (χ4v) is 1.95. The normalized spacial score (nSPS) is 12.6. The van der Waals surface area contributed by atoms with Gasteiger partial charge in [-0.3, -0.25) is 0 Å². The molecule has 1 aromatic carbocycles. The lowest BCUT2D eigenvalue weighted by Gasteiger charge is -2.19. The first-order valence-electron chi connectivity index (χ1n) is 6.01. The zero-order valence-electron chi connectivity index (χ0n) is 10.5. The van der Waals surface area contributed by atoms with Gasteiger partial charge in [0.05, 0.1) is 6.04 Å². The van der Waals surface area contributed by atoms with E-state index in [1.54, 1.807) is 4.68 Å². The molecular formula is C13H16N4O. The maximum atomic E-state index is 10.8. The van der Waals surface area contributed by atoms with E-state index in [4.69, 9.17) is 0 Å². The number of benzene rings is 1. The zero-order chi connectivity index (χ0) is 13.0. The van der Waals surface area contributed by atoms with Crippen LogP contribution in [0.5, 0.6) is 0 Å². The van der Waals surface area contributed by atoms with Crippen molar-refractivity contribution in [2.45, 2.75) is 26.3 Å². The predicted molar refractivity (Wildman–Crippen MR) is 67.8 cm³/mol. The van der Waals surface area contributed by atoms with E-state index in [-0.39, 0.29) is 6.04 Å². The smallest absolute Gasteiger partial charge is 0.182 e. The molecule has 0 amide bonds. The molecular weight excluding hydrogens is 228 g/mol. The molecule has 5 heteroatoms. The van der Waals surface area contributed by atoms with Gasteiger partial charge in [-0.15, -0.1) is 5.10 Å². The van der Waals surface area contributed by atoms with Gasteiger partial charge in [0.15, 0.2) is 5.82 Å². The van der Waals surface area contributed by atoms with Crippen LogP contribution in [-0.4, -0.2) is 26.5 Å². The van der Waals surface area contributed by atoms with Gasteiger partial charge in [0.2, 0.25) is 0 Å². The van der Waals surface area contributed by atoms with E-state index in [0.717, 1.165) is 11.8 Å². The summed E-state index contributed by atoms with van der Waals surface area (Å²) in [5, 5.41) is 11.8. The van der Waals surface area contributed by atoms with Gasteiger partial charge in [-0.2, -0.15) is 0 Å². The number of carbonyl (C=O) groups is 1. The van der Waals surface area contributed by atoms with E-state index in [1.165, 1.54) is 0 Å². The SMILES string of the molecule is CC(C)C(CC=O)n1nnnc1-c1ccccc1. The Hall–Kier alpha value is -2.04. The second kappa shape index (κ2) is 5.53. The summed E-state index contributed by atoms with van der Waals surface area (Å²) < 4.78 is 1.74. The summed E-state index contributed by atoms with van der Waals surface area (Å²) >= 11 is 0. The van der Waals surface area contributed by atoms with Gasteiger partial charge < -0.3 is 4.79 Å². The molecule has 1 heterocycles. The third-order valence-corrected chi connectivity index (χ3v) is 2.95. The predicted octanol–water partition coefficient (Wildman–Crippen LogP) is 2.13. The third kappa shape index (κ3) is 2.45. The van der Waals surface area contributed by atoms with Gasteiger partial charge in [-0.1, -0.05) is 44.2 Å². The number of hydrogen-bond donors (Lipinski definition) is 0. The summed E-state index contributed by atoms with van der Waals surface area (Å²) in [7, 11) is 0. The minimum Gasteiger partial charge on any atom is -0.303 e. The summed E-state index contributed by atoms with van der Waals surface area (Å²) in [4.78, 5) is 10.8. The first-order chi connectivity index (χ1) is 8.74. The molecule has 0 aliphatic heterocycles. The summed E-state index contributed by atoms with van der Waals surface area (Å²) in [6.45, 7) is 4.12. The average Bonchev–Trinajstić information content (AvgIpc) is 2.85. The van der Waals surface area contributed by atoms with Crippen LogP contribution in [-0.2, 0) is 4.79 Å². The van der Waals surface area contributed by atoms with Crippen molar-refractivity contribution in [2.24, 2.45) is 5.92 Å². The van der Waals surface area contributed by atoms with Gasteiger partial charge in [-0.05, 0) is 16.3 Å². The van der Waals surface area contributed by atoms with Crippen molar-refractivity contribution in [1.82, 2.24) is 20.2 Å². The van der Waals surface area contributed by atoms with Crippen LogP contribution in [0.1, 0.15) is 26.3 Å². The second-order valence-electron chi connectivity index (χ2n) is 4.53. The fourth-order valence-electron chi connectivity index (χ4n) is 1.95. The summed E-state index contributed by atoms with van der Waals surface area (Å²) in [6, 6.07) is 9.74. The maximum absolute atomic E-state index is 10.8. The standard InChI is InChI=1S/C13H16N4O/c1-10(2)12(8-9-18)17-13(14-15-16-17)11-6-4-3-5-7-11/h3-7,9-10,12H,8H2,1-2H3. The van der Waals surface area contributed by atoms with Crippen LogP contribution in [0.25, 0.3) is 11.4 Å². The molecule has 0 aliphatic carbocycles. The van der Waals surface area contributed by atoms with E-state index in [2.05, 4.69) is 29.4 Å². The van der Waals surface area contributed by atoms with Crippen molar-refractivity contribution in [2.75, 3.05) is 0 Å². The largest absolute Gasteiger partial charge is 0.303 e. The first-order valence-corrected chi connectivity index (χ1v) is 6.01. The highest BCUT2D eigenvalue weighted by Gasteiger charge is 2.21. The lowest BCUT2D eigenvalue weighted by molar-refractivity contribution is -0.108. The molecule has 0 radical (unpaired) electrons. The monoisotopic (exact) mass is 244 g/mol. The molecule has 0 N–H and O–H groups in total. The lowest BCUT2D eigenvalue weighted by Crippen LogP contribution is -2.18. The molecule has 1 aromatic heterocycles.